The number of anilines is 1. The minimum Gasteiger partial charge on any atom is -0.463 e. The van der Waals surface area contributed by atoms with Crippen LogP contribution in [0.25, 0.3) is 11.5 Å². The van der Waals surface area contributed by atoms with E-state index in [4.69, 9.17) is 9.68 Å². The van der Waals surface area contributed by atoms with E-state index in [1.165, 1.54) is 12.3 Å². The minimum atomic E-state index is -4.65. The van der Waals surface area contributed by atoms with Crippen LogP contribution in [-0.2, 0) is 11.0 Å². The largest absolute Gasteiger partial charge is 0.463 e. The van der Waals surface area contributed by atoms with Crippen LogP contribution in [0.3, 0.4) is 0 Å². The average Bonchev–Trinajstić information content (AvgIpc) is 3.31. The molecule has 0 aliphatic heterocycles. The molecule has 0 aliphatic rings. The highest BCUT2D eigenvalue weighted by Gasteiger charge is 2.35. The second kappa shape index (κ2) is 7.82. The highest BCUT2D eigenvalue weighted by Crippen LogP contribution is 2.33. The van der Waals surface area contributed by atoms with Crippen molar-refractivity contribution in [2.24, 2.45) is 0 Å². The lowest BCUT2D eigenvalue weighted by molar-refractivity contribution is -0.138. The Bertz CT molecular complexity index is 1100. The molecule has 3 aromatic rings. The zero-order valence-electron chi connectivity index (χ0n) is 13.4. The molecule has 0 radical (unpaired) electrons. The maximum absolute atomic E-state index is 12.5. The van der Waals surface area contributed by atoms with Crippen molar-refractivity contribution in [1.29, 1.82) is 5.26 Å². The first-order valence-electron chi connectivity index (χ1n) is 7.19. The topological polar surface area (TPSA) is 138 Å². The third-order valence-corrected chi connectivity index (χ3v) is 4.77. The zero-order valence-corrected chi connectivity index (χ0v) is 15.0. The molecular weight excluding hydrogens is 421 g/mol. The fourth-order valence-electron chi connectivity index (χ4n) is 1.89. The number of furan rings is 1. The molecule has 0 spiro atoms. The number of halogens is 3. The van der Waals surface area contributed by atoms with Crippen molar-refractivity contribution in [1.82, 2.24) is 20.2 Å². The van der Waals surface area contributed by atoms with Crippen LogP contribution in [0.1, 0.15) is 10.6 Å². The van der Waals surface area contributed by atoms with E-state index >= 15 is 0 Å². The molecule has 0 atom stereocenters. The van der Waals surface area contributed by atoms with Crippen LogP contribution in [0.5, 0.6) is 0 Å². The van der Waals surface area contributed by atoms with E-state index in [1.54, 1.807) is 12.1 Å². The Labute approximate surface area is 161 Å². The van der Waals surface area contributed by atoms with E-state index in [-0.39, 0.29) is 44.4 Å². The quantitative estimate of drug-likeness (QED) is 0.467. The van der Waals surface area contributed by atoms with Gasteiger partial charge in [0.15, 0.2) is 10.9 Å². The second-order valence-corrected chi connectivity index (χ2v) is 6.87. The lowest BCUT2D eigenvalue weighted by Crippen LogP contribution is -2.17. The molecule has 3 heterocycles. The maximum atomic E-state index is 12.5. The number of alkyl halides is 3. The summed E-state index contributed by atoms with van der Waals surface area (Å²) in [4.78, 5) is 30.4. The molecule has 14 heteroatoms. The minimum absolute atomic E-state index is 0.0121. The van der Waals surface area contributed by atoms with Crippen LogP contribution < -0.4 is 10.9 Å². The van der Waals surface area contributed by atoms with Crippen LogP contribution in [0.4, 0.5) is 18.3 Å². The van der Waals surface area contributed by atoms with Gasteiger partial charge < -0.3 is 9.40 Å². The Balaban J connectivity index is 1.71. The van der Waals surface area contributed by atoms with E-state index in [2.05, 4.69) is 25.5 Å². The summed E-state index contributed by atoms with van der Waals surface area (Å²) in [6, 6.07) is 4.79. The van der Waals surface area contributed by atoms with Gasteiger partial charge in [0.1, 0.15) is 17.3 Å². The van der Waals surface area contributed by atoms with Gasteiger partial charge in [0, 0.05) is 0 Å². The van der Waals surface area contributed by atoms with Crippen molar-refractivity contribution < 1.29 is 22.4 Å². The first kappa shape index (κ1) is 19.6. The molecular formula is C14H7F3N6O3S2. The molecule has 144 valence electrons. The molecule has 0 unspecified atom stereocenters. The SMILES string of the molecule is N#Cc1c(-c2ccco2)nc(SCC(=O)Nc2nnc(C(F)(F)F)s2)[nH]c1=O. The number of rotatable bonds is 5. The van der Waals surface area contributed by atoms with Gasteiger partial charge in [-0.3, -0.25) is 14.9 Å². The summed E-state index contributed by atoms with van der Waals surface area (Å²) in [5.41, 5.74) is -0.957. The Morgan fingerprint density at radius 3 is 2.82 bits per heavy atom. The first-order valence-corrected chi connectivity index (χ1v) is 9.00. The highest BCUT2D eigenvalue weighted by atomic mass is 32.2. The molecule has 1 amide bonds. The summed E-state index contributed by atoms with van der Waals surface area (Å²) in [7, 11) is 0. The van der Waals surface area contributed by atoms with Crippen molar-refractivity contribution in [2.45, 2.75) is 11.3 Å². The Kier molecular flexibility index (Phi) is 5.47. The van der Waals surface area contributed by atoms with Gasteiger partial charge in [0.2, 0.25) is 16.0 Å². The number of aromatic nitrogens is 4. The number of nitrogens with one attached hydrogen (secondary N) is 2. The fourth-order valence-corrected chi connectivity index (χ4v) is 3.18. The van der Waals surface area contributed by atoms with Crippen molar-refractivity contribution in [2.75, 3.05) is 11.1 Å². The van der Waals surface area contributed by atoms with E-state index in [0.29, 0.717) is 0 Å². The van der Waals surface area contributed by atoms with Crippen LogP contribution in [0.2, 0.25) is 0 Å². The normalized spacial score (nSPS) is 11.2. The number of thioether (sulfide) groups is 1. The van der Waals surface area contributed by atoms with Gasteiger partial charge in [-0.1, -0.05) is 23.1 Å². The smallest absolute Gasteiger partial charge is 0.445 e. The predicted octanol–water partition coefficient (Wildman–Crippen LogP) is 2.50. The molecule has 0 fully saturated rings. The molecule has 0 aliphatic carbocycles. The first-order chi connectivity index (χ1) is 13.3. The third kappa shape index (κ3) is 4.38. The van der Waals surface area contributed by atoms with E-state index in [0.717, 1.165) is 11.8 Å². The van der Waals surface area contributed by atoms with Gasteiger partial charge >= 0.3 is 6.18 Å². The fraction of sp³-hybridized carbons (Fsp3) is 0.143. The van der Waals surface area contributed by atoms with Crippen LogP contribution in [0, 0.1) is 11.3 Å². The summed E-state index contributed by atoms with van der Waals surface area (Å²) in [5, 5.41) is 16.0. The number of H-pyrrole nitrogens is 1. The summed E-state index contributed by atoms with van der Waals surface area (Å²) < 4.78 is 42.6. The van der Waals surface area contributed by atoms with Crippen molar-refractivity contribution in [3.63, 3.8) is 0 Å². The van der Waals surface area contributed by atoms with Gasteiger partial charge in [-0.2, -0.15) is 18.4 Å². The molecule has 0 saturated heterocycles. The number of hydrogen-bond donors (Lipinski definition) is 2. The monoisotopic (exact) mass is 428 g/mol. The van der Waals surface area contributed by atoms with Gasteiger partial charge in [0.05, 0.1) is 12.0 Å². The zero-order chi connectivity index (χ0) is 20.3. The third-order valence-electron chi connectivity index (χ3n) is 3.02. The molecule has 28 heavy (non-hydrogen) atoms. The van der Waals surface area contributed by atoms with Crippen LogP contribution >= 0.6 is 23.1 Å². The maximum Gasteiger partial charge on any atom is 0.445 e. The van der Waals surface area contributed by atoms with Gasteiger partial charge in [-0.05, 0) is 12.1 Å². The lowest BCUT2D eigenvalue weighted by atomic mass is 10.2. The average molecular weight is 428 g/mol. The van der Waals surface area contributed by atoms with Gasteiger partial charge in [-0.25, -0.2) is 4.98 Å². The highest BCUT2D eigenvalue weighted by molar-refractivity contribution is 7.99. The van der Waals surface area contributed by atoms with Crippen molar-refractivity contribution in [3.05, 3.63) is 39.3 Å². The summed E-state index contributed by atoms with van der Waals surface area (Å²) in [6.07, 6.45) is -3.31. The van der Waals surface area contributed by atoms with Gasteiger partial charge in [0.25, 0.3) is 5.56 Å². The Hall–Kier alpha value is -3.18. The summed E-state index contributed by atoms with van der Waals surface area (Å²) in [5.74, 6) is -0.767. The lowest BCUT2D eigenvalue weighted by Gasteiger charge is -2.04. The van der Waals surface area contributed by atoms with Gasteiger partial charge in [-0.15, -0.1) is 10.2 Å². The molecule has 0 aromatic carbocycles. The molecule has 0 bridgehead atoms. The number of nitriles is 1. The number of carbonyl (C=O) groups is 1. The van der Waals surface area contributed by atoms with Crippen LogP contribution in [-0.4, -0.2) is 31.8 Å². The number of hydrogen-bond acceptors (Lipinski definition) is 9. The summed E-state index contributed by atoms with van der Waals surface area (Å²) in [6.45, 7) is 0. The molecule has 9 nitrogen and oxygen atoms in total. The Morgan fingerprint density at radius 2 is 2.21 bits per heavy atom. The Morgan fingerprint density at radius 1 is 1.43 bits per heavy atom. The number of amides is 1. The molecule has 3 rings (SSSR count). The standard InChI is InChI=1S/C14H7F3N6O3S2/c15-14(16,17)11-22-23-13(28-11)19-8(24)5-27-12-20-9(7-2-1-3-26-7)6(4-18)10(25)21-12/h1-3H,5H2,(H,19,23,24)(H,20,21,25). The number of nitrogens with zero attached hydrogens (tertiary/aromatic N) is 4. The molecule has 3 aromatic heterocycles. The van der Waals surface area contributed by atoms with Crippen molar-refractivity contribution >= 4 is 34.1 Å². The second-order valence-electron chi connectivity index (χ2n) is 4.93. The molecule has 0 saturated carbocycles. The van der Waals surface area contributed by atoms with Crippen molar-refractivity contribution in [3.8, 4) is 17.5 Å². The molecule has 2 N–H and O–H groups in total. The van der Waals surface area contributed by atoms with Crippen LogP contribution in [0.15, 0.2) is 32.8 Å². The predicted molar refractivity (Wildman–Crippen MR) is 91.5 cm³/mol. The van der Waals surface area contributed by atoms with E-state index < -0.39 is 22.7 Å². The van der Waals surface area contributed by atoms with E-state index in [9.17, 15) is 22.8 Å². The number of carbonyl (C=O) groups excluding carboxylic acids is 1. The van der Waals surface area contributed by atoms with E-state index in [1.807, 2.05) is 0 Å². The number of aromatic amines is 1. The summed E-state index contributed by atoms with van der Waals surface area (Å²) >= 11 is 0.997.